The summed E-state index contributed by atoms with van der Waals surface area (Å²) < 4.78 is 5.23. The van der Waals surface area contributed by atoms with Crippen molar-refractivity contribution in [3.05, 3.63) is 24.3 Å². The maximum atomic E-state index is 12.2. The van der Waals surface area contributed by atoms with Crippen molar-refractivity contribution in [2.24, 2.45) is 0 Å². The Labute approximate surface area is 122 Å². The van der Waals surface area contributed by atoms with Crippen LogP contribution in [0.3, 0.4) is 0 Å². The van der Waals surface area contributed by atoms with Crippen molar-refractivity contribution in [3.63, 3.8) is 0 Å². The average Bonchev–Trinajstić information content (AvgIpc) is 2.72. The first-order chi connectivity index (χ1) is 9.67. The number of carbonyl (C=O) groups excluding carboxylic acids is 2. The van der Waals surface area contributed by atoms with Crippen LogP contribution in [-0.2, 0) is 4.79 Å². The van der Waals surface area contributed by atoms with E-state index >= 15 is 0 Å². The highest BCUT2D eigenvalue weighted by Gasteiger charge is 2.39. The van der Waals surface area contributed by atoms with Crippen molar-refractivity contribution in [1.82, 2.24) is 4.90 Å². The first-order valence-corrected chi connectivity index (χ1v) is 7.47. The Hall–Kier alpha value is -1.69. The number of rotatable bonds is 6. The lowest BCUT2D eigenvalue weighted by Crippen LogP contribution is -2.35. The van der Waals surface area contributed by atoms with Crippen LogP contribution in [0.4, 0.5) is 10.5 Å². The van der Waals surface area contributed by atoms with Gasteiger partial charge in [0, 0.05) is 6.54 Å². The van der Waals surface area contributed by atoms with Gasteiger partial charge < -0.3 is 10.1 Å². The van der Waals surface area contributed by atoms with Crippen molar-refractivity contribution in [3.8, 4) is 5.75 Å². The molecule has 0 aromatic heterocycles. The van der Waals surface area contributed by atoms with E-state index in [1.165, 1.54) is 4.90 Å². The van der Waals surface area contributed by atoms with Crippen LogP contribution in [0.5, 0.6) is 5.75 Å². The molecule has 0 saturated carbocycles. The van der Waals surface area contributed by atoms with E-state index in [0.29, 0.717) is 18.0 Å². The van der Waals surface area contributed by atoms with Crippen LogP contribution < -0.4 is 10.1 Å². The number of imide groups is 1. The van der Waals surface area contributed by atoms with Crippen molar-refractivity contribution < 1.29 is 14.3 Å². The fraction of sp³-hybridized carbons (Fsp3) is 0.429. The van der Waals surface area contributed by atoms with Gasteiger partial charge in [-0.05, 0) is 30.3 Å². The number of benzene rings is 1. The van der Waals surface area contributed by atoms with Crippen LogP contribution in [0.1, 0.15) is 19.8 Å². The Bertz CT molecular complexity index is 507. The molecule has 6 heteroatoms. The molecular formula is C14H18N2O3S. The quantitative estimate of drug-likeness (QED) is 0.874. The van der Waals surface area contributed by atoms with Gasteiger partial charge in [-0.3, -0.25) is 14.5 Å². The third kappa shape index (κ3) is 3.07. The summed E-state index contributed by atoms with van der Waals surface area (Å²) in [7, 11) is 1.57. The molecule has 2 rings (SSSR count). The predicted octanol–water partition coefficient (Wildman–Crippen LogP) is 2.93. The molecule has 108 valence electrons. The maximum Gasteiger partial charge on any atom is 0.290 e. The predicted molar refractivity (Wildman–Crippen MR) is 80.0 cm³/mol. The van der Waals surface area contributed by atoms with Crippen LogP contribution in [0, 0.1) is 0 Å². The van der Waals surface area contributed by atoms with Gasteiger partial charge in [0.25, 0.3) is 11.1 Å². The Morgan fingerprint density at radius 2 is 2.10 bits per heavy atom. The van der Waals surface area contributed by atoms with E-state index in [1.807, 2.05) is 31.2 Å². The van der Waals surface area contributed by atoms with Crippen molar-refractivity contribution in [2.45, 2.75) is 25.1 Å². The summed E-state index contributed by atoms with van der Waals surface area (Å²) in [6.45, 7) is 2.52. The van der Waals surface area contributed by atoms with E-state index in [2.05, 4.69) is 5.32 Å². The van der Waals surface area contributed by atoms with E-state index in [-0.39, 0.29) is 11.1 Å². The average molecular weight is 294 g/mol. The number of carbonyl (C=O) groups is 2. The summed E-state index contributed by atoms with van der Waals surface area (Å²) in [5.41, 5.74) is 0.714. The maximum absolute atomic E-state index is 12.2. The molecule has 1 N–H and O–H groups in total. The second kappa shape index (κ2) is 6.65. The first kappa shape index (κ1) is 14.7. The number of anilines is 1. The van der Waals surface area contributed by atoms with Gasteiger partial charge in [0.2, 0.25) is 0 Å². The van der Waals surface area contributed by atoms with Gasteiger partial charge >= 0.3 is 0 Å². The van der Waals surface area contributed by atoms with Crippen molar-refractivity contribution in [1.29, 1.82) is 0 Å². The van der Waals surface area contributed by atoms with Gasteiger partial charge in [0.05, 0.1) is 12.8 Å². The van der Waals surface area contributed by atoms with E-state index in [1.54, 1.807) is 7.11 Å². The molecule has 0 spiro atoms. The van der Waals surface area contributed by atoms with Gasteiger partial charge in [-0.25, -0.2) is 0 Å². The molecule has 0 radical (unpaired) electrons. The number of para-hydroxylation sites is 2. The Morgan fingerprint density at radius 1 is 1.35 bits per heavy atom. The molecule has 0 aliphatic carbocycles. The van der Waals surface area contributed by atoms with E-state index in [4.69, 9.17) is 4.74 Å². The van der Waals surface area contributed by atoms with Gasteiger partial charge in [-0.15, -0.1) is 0 Å². The molecule has 0 unspecified atom stereocenters. The number of unbranched alkanes of at least 4 members (excludes halogenated alkanes) is 1. The molecule has 1 atom stereocenters. The SMILES string of the molecule is CCCCN1C(=O)S[C@H](Nc2ccccc2OC)C1=O. The minimum Gasteiger partial charge on any atom is -0.495 e. The van der Waals surface area contributed by atoms with E-state index in [0.717, 1.165) is 24.6 Å². The fourth-order valence-electron chi connectivity index (χ4n) is 1.96. The molecule has 1 aliphatic heterocycles. The van der Waals surface area contributed by atoms with Gasteiger partial charge in [0.15, 0.2) is 5.37 Å². The van der Waals surface area contributed by atoms with E-state index in [9.17, 15) is 9.59 Å². The van der Waals surface area contributed by atoms with Crippen LogP contribution in [-0.4, -0.2) is 35.1 Å². The van der Waals surface area contributed by atoms with Crippen molar-refractivity contribution in [2.75, 3.05) is 19.0 Å². The number of thioether (sulfide) groups is 1. The Morgan fingerprint density at radius 3 is 2.80 bits per heavy atom. The molecule has 1 aromatic carbocycles. The molecule has 2 amide bonds. The van der Waals surface area contributed by atoms with Crippen LogP contribution in [0.2, 0.25) is 0 Å². The second-order valence-electron chi connectivity index (χ2n) is 4.45. The number of hydrogen-bond donors (Lipinski definition) is 1. The van der Waals surface area contributed by atoms with Gasteiger partial charge in [-0.1, -0.05) is 25.5 Å². The number of methoxy groups -OCH3 is 1. The molecule has 20 heavy (non-hydrogen) atoms. The molecule has 1 fully saturated rings. The normalized spacial score (nSPS) is 18.5. The van der Waals surface area contributed by atoms with Crippen molar-refractivity contribution >= 4 is 28.6 Å². The molecule has 1 aromatic rings. The highest BCUT2D eigenvalue weighted by atomic mass is 32.2. The minimum absolute atomic E-state index is 0.181. The number of nitrogens with zero attached hydrogens (tertiary/aromatic N) is 1. The second-order valence-corrected chi connectivity index (χ2v) is 5.51. The summed E-state index contributed by atoms with van der Waals surface area (Å²) in [4.78, 5) is 25.4. The number of hydrogen-bond acceptors (Lipinski definition) is 5. The number of nitrogens with one attached hydrogen (secondary N) is 1. The summed E-state index contributed by atoms with van der Waals surface area (Å²) in [5.74, 6) is 0.472. The number of amides is 2. The minimum atomic E-state index is -0.573. The highest BCUT2D eigenvalue weighted by Crippen LogP contribution is 2.31. The molecule has 1 heterocycles. The smallest absolute Gasteiger partial charge is 0.290 e. The zero-order valence-electron chi connectivity index (χ0n) is 11.6. The first-order valence-electron chi connectivity index (χ1n) is 6.59. The molecule has 1 saturated heterocycles. The van der Waals surface area contributed by atoms with Crippen LogP contribution in [0.25, 0.3) is 0 Å². The third-order valence-electron chi connectivity index (χ3n) is 3.06. The Balaban J connectivity index is 2.07. The third-order valence-corrected chi connectivity index (χ3v) is 4.04. The zero-order valence-corrected chi connectivity index (χ0v) is 12.4. The van der Waals surface area contributed by atoms with E-state index < -0.39 is 5.37 Å². The molecule has 0 bridgehead atoms. The Kier molecular flexibility index (Phi) is 4.89. The topological polar surface area (TPSA) is 58.6 Å². The number of ether oxygens (including phenoxy) is 1. The van der Waals surface area contributed by atoms with Crippen LogP contribution >= 0.6 is 11.8 Å². The lowest BCUT2D eigenvalue weighted by atomic mass is 10.3. The lowest BCUT2D eigenvalue weighted by molar-refractivity contribution is -0.126. The monoisotopic (exact) mass is 294 g/mol. The molecular weight excluding hydrogens is 276 g/mol. The standard InChI is InChI=1S/C14H18N2O3S/c1-3-4-9-16-13(17)12(20-14(16)18)15-10-7-5-6-8-11(10)19-2/h5-8,12,15H,3-4,9H2,1-2H3/t12-/m0/s1. The summed E-state index contributed by atoms with van der Waals surface area (Å²) in [6, 6.07) is 7.34. The lowest BCUT2D eigenvalue weighted by Gasteiger charge is -2.15. The summed E-state index contributed by atoms with van der Waals surface area (Å²) >= 11 is 1.02. The fourth-order valence-corrected chi connectivity index (χ4v) is 2.88. The highest BCUT2D eigenvalue weighted by molar-refractivity contribution is 8.15. The molecule has 1 aliphatic rings. The molecule has 5 nitrogen and oxygen atoms in total. The van der Waals surface area contributed by atoms with Gasteiger partial charge in [-0.2, -0.15) is 0 Å². The van der Waals surface area contributed by atoms with Crippen LogP contribution in [0.15, 0.2) is 24.3 Å². The van der Waals surface area contributed by atoms with Gasteiger partial charge in [0.1, 0.15) is 5.75 Å². The summed E-state index contributed by atoms with van der Waals surface area (Å²) in [6.07, 6.45) is 1.78. The largest absolute Gasteiger partial charge is 0.495 e. The summed E-state index contributed by atoms with van der Waals surface area (Å²) in [5, 5.41) is 2.32. The zero-order chi connectivity index (χ0) is 14.5.